The molecule has 1 atom stereocenters. The fourth-order valence-corrected chi connectivity index (χ4v) is 1.26. The first-order valence-electron chi connectivity index (χ1n) is 4.68. The fourth-order valence-electron chi connectivity index (χ4n) is 1.26. The Hall–Kier alpha value is -0.610. The molecule has 1 heterocycles. The molecule has 76 valence electrons. The van der Waals surface area contributed by atoms with Gasteiger partial charge in [-0.05, 0) is 7.05 Å². The third kappa shape index (κ3) is 3.74. The van der Waals surface area contributed by atoms with Crippen LogP contribution in [-0.4, -0.2) is 50.3 Å². The van der Waals surface area contributed by atoms with Gasteiger partial charge < -0.3 is 14.4 Å². The summed E-state index contributed by atoms with van der Waals surface area (Å²) in [5.74, 6) is -0.156. The molecule has 0 aliphatic carbocycles. The molecule has 0 amide bonds. The zero-order chi connectivity index (χ0) is 9.68. The second-order valence-corrected chi connectivity index (χ2v) is 3.29. The lowest BCUT2D eigenvalue weighted by molar-refractivity contribution is -0.149. The zero-order valence-corrected chi connectivity index (χ0v) is 8.28. The number of likely N-dealkylation sites (N-methyl/N-ethyl adjacent to an activating group) is 1. The maximum Gasteiger partial charge on any atom is 0.305 e. The van der Waals surface area contributed by atoms with Gasteiger partial charge in [0.25, 0.3) is 0 Å². The van der Waals surface area contributed by atoms with Gasteiger partial charge in [-0.15, -0.1) is 0 Å². The lowest BCUT2D eigenvalue weighted by Crippen LogP contribution is -2.42. The molecule has 0 saturated carbocycles. The molecule has 0 spiro atoms. The largest absolute Gasteiger partial charge is 0.463 e. The van der Waals surface area contributed by atoms with Crippen LogP contribution in [0.5, 0.6) is 0 Å². The molecule has 0 radical (unpaired) electrons. The van der Waals surface area contributed by atoms with E-state index in [-0.39, 0.29) is 12.1 Å². The summed E-state index contributed by atoms with van der Waals surface area (Å²) in [5, 5.41) is 0. The van der Waals surface area contributed by atoms with Crippen molar-refractivity contribution >= 4 is 5.97 Å². The molecule has 4 heteroatoms. The summed E-state index contributed by atoms with van der Waals surface area (Å²) in [6.45, 7) is 4.70. The number of rotatable bonds is 3. The Morgan fingerprint density at radius 2 is 2.46 bits per heavy atom. The van der Waals surface area contributed by atoms with Crippen molar-refractivity contribution in [2.24, 2.45) is 0 Å². The molecule has 4 nitrogen and oxygen atoms in total. The standard InChI is InChI=1S/C9H17NO3/c1-3-9(11)13-7-8-6-10(2)4-5-12-8/h8H,3-7H2,1-2H3/t8-/m1/s1. The Balaban J connectivity index is 2.17. The van der Waals surface area contributed by atoms with Crippen molar-refractivity contribution in [2.75, 3.05) is 33.4 Å². The van der Waals surface area contributed by atoms with Gasteiger partial charge in [0.2, 0.25) is 0 Å². The van der Waals surface area contributed by atoms with Crippen molar-refractivity contribution in [3.05, 3.63) is 0 Å². The van der Waals surface area contributed by atoms with Crippen molar-refractivity contribution in [2.45, 2.75) is 19.4 Å². The quantitative estimate of drug-likeness (QED) is 0.594. The fraction of sp³-hybridized carbons (Fsp3) is 0.889. The van der Waals surface area contributed by atoms with Crippen LogP contribution in [0, 0.1) is 0 Å². The highest BCUT2D eigenvalue weighted by Crippen LogP contribution is 2.03. The maximum atomic E-state index is 10.8. The minimum absolute atomic E-state index is 0.0502. The van der Waals surface area contributed by atoms with E-state index < -0.39 is 0 Å². The molecule has 0 unspecified atom stereocenters. The van der Waals surface area contributed by atoms with Crippen molar-refractivity contribution in [1.29, 1.82) is 0 Å². The van der Waals surface area contributed by atoms with Crippen LogP contribution in [0.4, 0.5) is 0 Å². The van der Waals surface area contributed by atoms with Gasteiger partial charge in [-0.25, -0.2) is 0 Å². The summed E-state index contributed by atoms with van der Waals surface area (Å²) in [6, 6.07) is 0. The third-order valence-electron chi connectivity index (χ3n) is 2.06. The molecule has 0 bridgehead atoms. The van der Waals surface area contributed by atoms with Crippen molar-refractivity contribution < 1.29 is 14.3 Å². The summed E-state index contributed by atoms with van der Waals surface area (Å²) in [5.41, 5.74) is 0. The number of morpholine rings is 1. The Bertz CT molecular complexity index is 172. The Morgan fingerprint density at radius 1 is 1.69 bits per heavy atom. The maximum absolute atomic E-state index is 10.8. The summed E-state index contributed by atoms with van der Waals surface area (Å²) in [4.78, 5) is 13.0. The van der Waals surface area contributed by atoms with Crippen LogP contribution in [0.15, 0.2) is 0 Å². The number of carbonyl (C=O) groups is 1. The summed E-state index contributed by atoms with van der Waals surface area (Å²) < 4.78 is 10.4. The normalized spacial score (nSPS) is 24.3. The second kappa shape index (κ2) is 5.19. The van der Waals surface area contributed by atoms with E-state index in [1.54, 1.807) is 6.92 Å². The molecule has 0 aromatic heterocycles. The molecular weight excluding hydrogens is 170 g/mol. The van der Waals surface area contributed by atoms with Crippen LogP contribution >= 0.6 is 0 Å². The Labute approximate surface area is 78.8 Å². The minimum atomic E-state index is -0.156. The topological polar surface area (TPSA) is 38.8 Å². The first-order chi connectivity index (χ1) is 6.22. The van der Waals surface area contributed by atoms with E-state index in [1.807, 2.05) is 7.05 Å². The van der Waals surface area contributed by atoms with E-state index in [2.05, 4.69) is 4.90 Å². The number of nitrogens with zero attached hydrogens (tertiary/aromatic N) is 1. The molecular formula is C9H17NO3. The number of ether oxygens (including phenoxy) is 2. The highest BCUT2D eigenvalue weighted by molar-refractivity contribution is 5.68. The van der Waals surface area contributed by atoms with E-state index in [9.17, 15) is 4.79 Å². The Kier molecular flexibility index (Phi) is 4.18. The van der Waals surface area contributed by atoms with Crippen molar-refractivity contribution in [3.8, 4) is 0 Å². The van der Waals surface area contributed by atoms with Crippen molar-refractivity contribution in [1.82, 2.24) is 4.90 Å². The average molecular weight is 187 g/mol. The van der Waals surface area contributed by atoms with E-state index in [0.29, 0.717) is 13.0 Å². The minimum Gasteiger partial charge on any atom is -0.463 e. The van der Waals surface area contributed by atoms with Crippen molar-refractivity contribution in [3.63, 3.8) is 0 Å². The van der Waals surface area contributed by atoms with Gasteiger partial charge in [0, 0.05) is 19.5 Å². The highest BCUT2D eigenvalue weighted by atomic mass is 16.6. The predicted octanol–water partition coefficient (Wildman–Crippen LogP) is 0.270. The van der Waals surface area contributed by atoms with Crippen LogP contribution < -0.4 is 0 Å². The van der Waals surface area contributed by atoms with Gasteiger partial charge in [0.1, 0.15) is 12.7 Å². The van der Waals surface area contributed by atoms with Crippen LogP contribution in [0.1, 0.15) is 13.3 Å². The number of hydrogen-bond donors (Lipinski definition) is 0. The van der Waals surface area contributed by atoms with Gasteiger partial charge >= 0.3 is 5.97 Å². The average Bonchev–Trinajstić information content (AvgIpc) is 2.14. The van der Waals surface area contributed by atoms with Crippen LogP contribution in [0.3, 0.4) is 0 Å². The lowest BCUT2D eigenvalue weighted by atomic mass is 10.3. The summed E-state index contributed by atoms with van der Waals surface area (Å²) in [7, 11) is 2.04. The van der Waals surface area contributed by atoms with Crippen LogP contribution in [0.2, 0.25) is 0 Å². The zero-order valence-electron chi connectivity index (χ0n) is 8.28. The third-order valence-corrected chi connectivity index (χ3v) is 2.06. The van der Waals surface area contributed by atoms with E-state index in [4.69, 9.17) is 9.47 Å². The molecule has 1 rings (SSSR count). The van der Waals surface area contributed by atoms with Gasteiger partial charge in [-0.2, -0.15) is 0 Å². The molecule has 1 saturated heterocycles. The smallest absolute Gasteiger partial charge is 0.305 e. The predicted molar refractivity (Wildman–Crippen MR) is 48.5 cm³/mol. The summed E-state index contributed by atoms with van der Waals surface area (Å²) >= 11 is 0. The first-order valence-corrected chi connectivity index (χ1v) is 4.68. The molecule has 1 aliphatic heterocycles. The van der Waals surface area contributed by atoms with Gasteiger partial charge in [0.05, 0.1) is 6.61 Å². The highest BCUT2D eigenvalue weighted by Gasteiger charge is 2.18. The second-order valence-electron chi connectivity index (χ2n) is 3.29. The molecule has 13 heavy (non-hydrogen) atoms. The lowest BCUT2D eigenvalue weighted by Gasteiger charge is -2.29. The molecule has 1 aliphatic rings. The van der Waals surface area contributed by atoms with Gasteiger partial charge in [-0.3, -0.25) is 4.79 Å². The molecule has 0 aromatic carbocycles. The number of hydrogen-bond acceptors (Lipinski definition) is 4. The monoisotopic (exact) mass is 187 g/mol. The molecule has 0 aromatic rings. The van der Waals surface area contributed by atoms with Crippen LogP contribution in [0.25, 0.3) is 0 Å². The van der Waals surface area contributed by atoms with Crippen LogP contribution in [-0.2, 0) is 14.3 Å². The van der Waals surface area contributed by atoms with Gasteiger partial charge in [0.15, 0.2) is 0 Å². The number of carbonyl (C=O) groups excluding carboxylic acids is 1. The molecule has 0 N–H and O–H groups in total. The SMILES string of the molecule is CCC(=O)OC[C@H]1CN(C)CCO1. The number of esters is 1. The van der Waals surface area contributed by atoms with Gasteiger partial charge in [-0.1, -0.05) is 6.92 Å². The molecule has 1 fully saturated rings. The summed E-state index contributed by atoms with van der Waals surface area (Å²) in [6.07, 6.45) is 0.483. The van der Waals surface area contributed by atoms with E-state index in [1.165, 1.54) is 0 Å². The first kappa shape index (κ1) is 10.5. The Morgan fingerprint density at radius 3 is 3.08 bits per heavy atom. The van der Waals surface area contributed by atoms with E-state index in [0.717, 1.165) is 19.7 Å². The van der Waals surface area contributed by atoms with E-state index >= 15 is 0 Å².